The summed E-state index contributed by atoms with van der Waals surface area (Å²) in [5.41, 5.74) is 0.647. The zero-order valence-electron chi connectivity index (χ0n) is 16.1. The van der Waals surface area contributed by atoms with Crippen LogP contribution in [0, 0.1) is 11.6 Å². The second kappa shape index (κ2) is 8.89. The average Bonchev–Trinajstić information content (AvgIpc) is 3.23. The highest BCUT2D eigenvalue weighted by atomic mass is 19.2. The number of halogens is 2. The lowest BCUT2D eigenvalue weighted by atomic mass is 10.0. The van der Waals surface area contributed by atoms with Gasteiger partial charge in [-0.1, -0.05) is 0 Å². The maximum atomic E-state index is 13.3. The Morgan fingerprint density at radius 2 is 1.86 bits per heavy atom. The molecule has 1 heterocycles. The van der Waals surface area contributed by atoms with Gasteiger partial charge in [0.05, 0.1) is 25.8 Å². The summed E-state index contributed by atoms with van der Waals surface area (Å²) in [4.78, 5) is 26.3. The van der Waals surface area contributed by atoms with Crippen LogP contribution in [0.2, 0.25) is 0 Å². The van der Waals surface area contributed by atoms with Gasteiger partial charge in [0.2, 0.25) is 0 Å². The molecule has 8 heteroatoms. The lowest BCUT2D eigenvalue weighted by Crippen LogP contribution is -2.34. The molecule has 1 aliphatic heterocycles. The third-order valence-electron chi connectivity index (χ3n) is 4.85. The number of nitrogens with zero attached hydrogens (tertiary/aromatic N) is 1. The Bertz CT molecular complexity index is 918. The van der Waals surface area contributed by atoms with Crippen LogP contribution in [0.5, 0.6) is 11.5 Å². The van der Waals surface area contributed by atoms with E-state index in [9.17, 15) is 18.4 Å². The number of hydrogen-bond donors (Lipinski definition) is 0. The van der Waals surface area contributed by atoms with Gasteiger partial charge in [-0.3, -0.25) is 4.79 Å². The monoisotopic (exact) mass is 405 g/mol. The zero-order valence-corrected chi connectivity index (χ0v) is 16.1. The van der Waals surface area contributed by atoms with Crippen LogP contribution in [0.15, 0.2) is 36.4 Å². The third kappa shape index (κ3) is 4.47. The second-order valence-electron chi connectivity index (χ2n) is 6.56. The molecule has 2 aromatic rings. The van der Waals surface area contributed by atoms with Gasteiger partial charge in [0, 0.05) is 12.1 Å². The minimum atomic E-state index is -1.16. The normalized spacial score (nSPS) is 15.9. The van der Waals surface area contributed by atoms with Crippen molar-refractivity contribution in [2.45, 2.75) is 18.9 Å². The topological polar surface area (TPSA) is 65.1 Å². The van der Waals surface area contributed by atoms with Gasteiger partial charge >= 0.3 is 5.97 Å². The number of benzene rings is 2. The van der Waals surface area contributed by atoms with Gasteiger partial charge in [0.25, 0.3) is 5.91 Å². The molecule has 6 nitrogen and oxygen atoms in total. The molecule has 29 heavy (non-hydrogen) atoms. The van der Waals surface area contributed by atoms with Crippen molar-refractivity contribution in [2.24, 2.45) is 0 Å². The number of ether oxygens (including phenoxy) is 3. The molecule has 3 rings (SSSR count). The van der Waals surface area contributed by atoms with E-state index in [-0.39, 0.29) is 17.5 Å². The molecule has 0 unspecified atom stereocenters. The number of carbonyl (C=O) groups excluding carboxylic acids is 2. The molecular formula is C21H21F2NO5. The van der Waals surface area contributed by atoms with Gasteiger partial charge in [-0.25, -0.2) is 13.6 Å². The maximum absolute atomic E-state index is 13.3. The second-order valence-corrected chi connectivity index (χ2v) is 6.56. The Labute approximate surface area is 167 Å². The number of rotatable bonds is 6. The Hall–Kier alpha value is -3.16. The van der Waals surface area contributed by atoms with E-state index in [1.165, 1.54) is 0 Å². The summed E-state index contributed by atoms with van der Waals surface area (Å²) in [7, 11) is 3.11. The quantitative estimate of drug-likeness (QED) is 0.689. The van der Waals surface area contributed by atoms with Crippen molar-refractivity contribution in [3.63, 3.8) is 0 Å². The molecule has 0 aliphatic carbocycles. The molecule has 0 N–H and O–H groups in total. The molecule has 2 aromatic carbocycles. The van der Waals surface area contributed by atoms with Crippen molar-refractivity contribution in [3.8, 4) is 11.5 Å². The Morgan fingerprint density at radius 1 is 1.07 bits per heavy atom. The highest BCUT2D eigenvalue weighted by molar-refractivity contribution is 5.91. The summed E-state index contributed by atoms with van der Waals surface area (Å²) in [6.45, 7) is 0.00715. The van der Waals surface area contributed by atoms with Crippen LogP contribution >= 0.6 is 0 Å². The number of hydrogen-bond acceptors (Lipinski definition) is 5. The molecule has 1 saturated heterocycles. The predicted molar refractivity (Wildman–Crippen MR) is 99.9 cm³/mol. The van der Waals surface area contributed by atoms with Crippen molar-refractivity contribution < 1.29 is 32.6 Å². The first-order valence-electron chi connectivity index (χ1n) is 9.08. The Kier molecular flexibility index (Phi) is 6.31. The zero-order chi connectivity index (χ0) is 21.0. The highest BCUT2D eigenvalue weighted by Crippen LogP contribution is 2.38. The fourth-order valence-corrected chi connectivity index (χ4v) is 3.41. The first-order chi connectivity index (χ1) is 13.9. The Balaban J connectivity index is 1.70. The van der Waals surface area contributed by atoms with E-state index in [2.05, 4.69) is 0 Å². The van der Waals surface area contributed by atoms with Gasteiger partial charge in [0.1, 0.15) is 11.5 Å². The minimum Gasteiger partial charge on any atom is -0.497 e. The van der Waals surface area contributed by atoms with Gasteiger partial charge in [-0.05, 0) is 49.2 Å². The maximum Gasteiger partial charge on any atom is 0.338 e. The fraction of sp³-hybridized carbons (Fsp3) is 0.333. The molecule has 1 fully saturated rings. The van der Waals surface area contributed by atoms with E-state index in [1.54, 1.807) is 31.3 Å². The minimum absolute atomic E-state index is 0.163. The first kappa shape index (κ1) is 20.6. The summed E-state index contributed by atoms with van der Waals surface area (Å²) in [5.74, 6) is -2.22. The van der Waals surface area contributed by atoms with Crippen molar-refractivity contribution in [1.29, 1.82) is 0 Å². The van der Waals surface area contributed by atoms with Crippen LogP contribution in [0.1, 0.15) is 34.8 Å². The number of carbonyl (C=O) groups is 2. The summed E-state index contributed by atoms with van der Waals surface area (Å²) in [6.07, 6.45) is 1.51. The van der Waals surface area contributed by atoms with Gasteiger partial charge < -0.3 is 19.1 Å². The van der Waals surface area contributed by atoms with Gasteiger partial charge in [-0.15, -0.1) is 0 Å². The molecule has 0 radical (unpaired) electrons. The standard InChI is InChI=1S/C21H21F2NO5/c1-27-14-6-8-19(28-2)15(11-14)18-4-3-9-24(18)20(25)12-29-21(26)13-5-7-16(22)17(23)10-13/h5-8,10-11,18H,3-4,9,12H2,1-2H3/t18-/m1/s1. The molecule has 1 atom stereocenters. The SMILES string of the molecule is COc1ccc(OC)c([C@H]2CCCN2C(=O)COC(=O)c2ccc(F)c(F)c2)c1. The largest absolute Gasteiger partial charge is 0.497 e. The molecule has 0 aromatic heterocycles. The van der Waals surface area contributed by atoms with E-state index in [4.69, 9.17) is 14.2 Å². The van der Waals surface area contributed by atoms with E-state index in [0.717, 1.165) is 36.6 Å². The summed E-state index contributed by atoms with van der Waals surface area (Å²) >= 11 is 0. The molecule has 154 valence electrons. The number of amides is 1. The van der Waals surface area contributed by atoms with Crippen LogP contribution in [0.4, 0.5) is 8.78 Å². The van der Waals surface area contributed by atoms with Crippen molar-refractivity contribution in [3.05, 3.63) is 59.2 Å². The molecule has 0 saturated carbocycles. The average molecular weight is 405 g/mol. The van der Waals surface area contributed by atoms with Crippen molar-refractivity contribution in [2.75, 3.05) is 27.4 Å². The molecular weight excluding hydrogens is 384 g/mol. The summed E-state index contributed by atoms with van der Waals surface area (Å²) < 4.78 is 42.0. The van der Waals surface area contributed by atoms with E-state index in [1.807, 2.05) is 6.07 Å². The predicted octanol–water partition coefficient (Wildman–Crippen LogP) is 3.50. The highest BCUT2D eigenvalue weighted by Gasteiger charge is 2.32. The fourth-order valence-electron chi connectivity index (χ4n) is 3.41. The van der Waals surface area contributed by atoms with Crippen LogP contribution < -0.4 is 9.47 Å². The van der Waals surface area contributed by atoms with Gasteiger partial charge in [0.15, 0.2) is 18.2 Å². The molecule has 1 aliphatic rings. The Morgan fingerprint density at radius 3 is 2.55 bits per heavy atom. The lowest BCUT2D eigenvalue weighted by molar-refractivity contribution is -0.135. The van der Waals surface area contributed by atoms with Crippen molar-refractivity contribution in [1.82, 2.24) is 4.90 Å². The van der Waals surface area contributed by atoms with Crippen LogP contribution in [0.3, 0.4) is 0 Å². The molecule has 0 spiro atoms. The summed E-state index contributed by atoms with van der Waals surface area (Å²) in [5, 5.41) is 0. The lowest BCUT2D eigenvalue weighted by Gasteiger charge is -2.26. The van der Waals surface area contributed by atoms with Crippen LogP contribution in [-0.4, -0.2) is 44.1 Å². The van der Waals surface area contributed by atoms with Crippen LogP contribution in [0.25, 0.3) is 0 Å². The van der Waals surface area contributed by atoms with E-state index < -0.39 is 24.2 Å². The number of esters is 1. The van der Waals surface area contributed by atoms with Crippen LogP contribution in [-0.2, 0) is 9.53 Å². The van der Waals surface area contributed by atoms with Crippen molar-refractivity contribution >= 4 is 11.9 Å². The molecule has 0 bridgehead atoms. The van der Waals surface area contributed by atoms with Gasteiger partial charge in [-0.2, -0.15) is 0 Å². The van der Waals surface area contributed by atoms with E-state index >= 15 is 0 Å². The number of methoxy groups -OCH3 is 2. The third-order valence-corrected chi connectivity index (χ3v) is 4.85. The number of likely N-dealkylation sites (tertiary alicyclic amines) is 1. The first-order valence-corrected chi connectivity index (χ1v) is 9.08. The smallest absolute Gasteiger partial charge is 0.338 e. The van der Waals surface area contributed by atoms with E-state index in [0.29, 0.717) is 18.0 Å². The summed E-state index contributed by atoms with van der Waals surface area (Å²) in [6, 6.07) is 7.80. The molecule has 1 amide bonds.